The van der Waals surface area contributed by atoms with Gasteiger partial charge in [-0.05, 0) is 36.2 Å². The third kappa shape index (κ3) is 5.30. The van der Waals surface area contributed by atoms with Crippen LogP contribution >= 0.6 is 10.7 Å². The molecule has 25 heavy (non-hydrogen) atoms. The number of hydrogen-bond donors (Lipinski definition) is 1. The second-order valence-electron chi connectivity index (χ2n) is 5.22. The van der Waals surface area contributed by atoms with Gasteiger partial charge < -0.3 is 10.1 Å². The molecule has 8 heteroatoms. The molecule has 0 aliphatic rings. The van der Waals surface area contributed by atoms with E-state index >= 15 is 0 Å². The molecule has 1 amide bonds. The molecule has 1 unspecified atom stereocenters. The number of esters is 1. The predicted molar refractivity (Wildman–Crippen MR) is 93.8 cm³/mol. The Morgan fingerprint density at radius 3 is 2.20 bits per heavy atom. The van der Waals surface area contributed by atoms with Crippen LogP contribution in [-0.4, -0.2) is 27.4 Å². The lowest BCUT2D eigenvalue weighted by Gasteiger charge is -2.15. The summed E-state index contributed by atoms with van der Waals surface area (Å²) in [6, 6.07) is 14.4. The van der Waals surface area contributed by atoms with Crippen LogP contribution in [-0.2, 0) is 29.8 Å². The number of ether oxygens (including phenoxy) is 1. The minimum absolute atomic E-state index is 0.0824. The van der Waals surface area contributed by atoms with E-state index in [-0.39, 0.29) is 11.3 Å². The summed E-state index contributed by atoms with van der Waals surface area (Å²) in [6.07, 6.45) is 0.188. The predicted octanol–water partition coefficient (Wildman–Crippen LogP) is 2.58. The van der Waals surface area contributed by atoms with Crippen molar-refractivity contribution < 1.29 is 22.7 Å². The van der Waals surface area contributed by atoms with Crippen LogP contribution in [0, 0.1) is 5.92 Å². The topological polar surface area (TPSA) is 89.5 Å². The molecule has 0 heterocycles. The fraction of sp³-hybridized carbons (Fsp3) is 0.176. The molecule has 0 bridgehead atoms. The van der Waals surface area contributed by atoms with E-state index in [4.69, 9.17) is 15.4 Å². The Morgan fingerprint density at radius 2 is 1.68 bits per heavy atom. The lowest BCUT2D eigenvalue weighted by Crippen LogP contribution is -2.32. The van der Waals surface area contributed by atoms with E-state index in [0.717, 1.165) is 5.56 Å². The molecule has 6 nitrogen and oxygen atoms in total. The fourth-order valence-corrected chi connectivity index (χ4v) is 2.98. The summed E-state index contributed by atoms with van der Waals surface area (Å²) in [5.74, 6) is -2.22. The monoisotopic (exact) mass is 381 g/mol. The SMILES string of the molecule is COC(=O)C(Cc1ccccc1)C(=O)Nc1ccc(S(=O)(=O)Cl)cc1. The molecule has 0 spiro atoms. The summed E-state index contributed by atoms with van der Waals surface area (Å²) in [7, 11) is 2.62. The summed E-state index contributed by atoms with van der Waals surface area (Å²) in [4.78, 5) is 24.3. The Balaban J connectivity index is 2.15. The van der Waals surface area contributed by atoms with E-state index in [0.29, 0.717) is 5.69 Å². The number of nitrogens with one attached hydrogen (secondary N) is 1. The molecule has 2 aromatic rings. The van der Waals surface area contributed by atoms with Gasteiger partial charge in [0.05, 0.1) is 12.0 Å². The first-order chi connectivity index (χ1) is 11.8. The molecule has 0 aliphatic heterocycles. The summed E-state index contributed by atoms with van der Waals surface area (Å²) in [5.41, 5.74) is 1.16. The summed E-state index contributed by atoms with van der Waals surface area (Å²) < 4.78 is 27.2. The molecule has 132 valence electrons. The highest BCUT2D eigenvalue weighted by Crippen LogP contribution is 2.19. The first-order valence-corrected chi connectivity index (χ1v) is 9.59. The molecule has 0 saturated carbocycles. The van der Waals surface area contributed by atoms with E-state index in [9.17, 15) is 18.0 Å². The van der Waals surface area contributed by atoms with Crippen molar-refractivity contribution >= 4 is 37.3 Å². The van der Waals surface area contributed by atoms with Gasteiger partial charge in [0.1, 0.15) is 5.92 Å². The molecular weight excluding hydrogens is 366 g/mol. The van der Waals surface area contributed by atoms with Crippen molar-refractivity contribution in [1.29, 1.82) is 0 Å². The number of carbonyl (C=O) groups excluding carboxylic acids is 2. The standard InChI is InChI=1S/C17H16ClNO5S/c1-24-17(21)15(11-12-5-3-2-4-6-12)16(20)19-13-7-9-14(10-8-13)25(18,22)23/h2-10,15H,11H2,1H3,(H,19,20). The number of halogens is 1. The zero-order valence-electron chi connectivity index (χ0n) is 13.3. The van der Waals surface area contributed by atoms with Crippen molar-refractivity contribution in [3.63, 3.8) is 0 Å². The summed E-state index contributed by atoms with van der Waals surface area (Å²) >= 11 is 0. The van der Waals surface area contributed by atoms with Crippen LogP contribution in [0.5, 0.6) is 0 Å². The highest BCUT2D eigenvalue weighted by Gasteiger charge is 2.28. The van der Waals surface area contributed by atoms with Gasteiger partial charge in [0.15, 0.2) is 0 Å². The Bertz CT molecular complexity index is 850. The van der Waals surface area contributed by atoms with Gasteiger partial charge in [-0.3, -0.25) is 9.59 Å². The lowest BCUT2D eigenvalue weighted by atomic mass is 9.98. The molecule has 0 aliphatic carbocycles. The van der Waals surface area contributed by atoms with Crippen molar-refractivity contribution in [2.75, 3.05) is 12.4 Å². The molecule has 1 N–H and O–H groups in total. The fourth-order valence-electron chi connectivity index (χ4n) is 2.21. The molecule has 0 fully saturated rings. The minimum Gasteiger partial charge on any atom is -0.468 e. The molecule has 2 rings (SSSR count). The number of rotatable bonds is 6. The maximum absolute atomic E-state index is 12.4. The smallest absolute Gasteiger partial charge is 0.318 e. The quantitative estimate of drug-likeness (QED) is 0.472. The van der Waals surface area contributed by atoms with Gasteiger partial charge in [-0.2, -0.15) is 0 Å². The number of hydrogen-bond acceptors (Lipinski definition) is 5. The van der Waals surface area contributed by atoms with Gasteiger partial charge in [0, 0.05) is 16.4 Å². The number of methoxy groups -OCH3 is 1. The minimum atomic E-state index is -3.84. The van der Waals surface area contributed by atoms with Crippen LogP contribution in [0.4, 0.5) is 5.69 Å². The number of benzene rings is 2. The van der Waals surface area contributed by atoms with Crippen molar-refractivity contribution in [2.24, 2.45) is 5.92 Å². The highest BCUT2D eigenvalue weighted by molar-refractivity contribution is 8.13. The number of amides is 1. The second kappa shape index (κ2) is 8.13. The van der Waals surface area contributed by atoms with Crippen molar-refractivity contribution in [2.45, 2.75) is 11.3 Å². The first-order valence-electron chi connectivity index (χ1n) is 7.28. The van der Waals surface area contributed by atoms with E-state index in [1.165, 1.54) is 31.4 Å². The third-order valence-corrected chi connectivity index (χ3v) is 4.86. The highest BCUT2D eigenvalue weighted by atomic mass is 35.7. The molecule has 0 saturated heterocycles. The molecule has 0 radical (unpaired) electrons. The van der Waals surface area contributed by atoms with Gasteiger partial charge in [0.2, 0.25) is 5.91 Å². The summed E-state index contributed by atoms with van der Waals surface area (Å²) in [5, 5.41) is 2.58. The van der Waals surface area contributed by atoms with E-state index in [2.05, 4.69) is 5.32 Å². The summed E-state index contributed by atoms with van der Waals surface area (Å²) in [6.45, 7) is 0. The average Bonchev–Trinajstić information content (AvgIpc) is 2.59. The largest absolute Gasteiger partial charge is 0.468 e. The lowest BCUT2D eigenvalue weighted by molar-refractivity contribution is -0.148. The zero-order valence-corrected chi connectivity index (χ0v) is 14.9. The van der Waals surface area contributed by atoms with Crippen molar-refractivity contribution in [1.82, 2.24) is 0 Å². The Labute approximate surface area is 150 Å². The second-order valence-corrected chi connectivity index (χ2v) is 7.78. The van der Waals surface area contributed by atoms with Crippen LogP contribution in [0.2, 0.25) is 0 Å². The van der Waals surface area contributed by atoms with Crippen LogP contribution < -0.4 is 5.32 Å². The van der Waals surface area contributed by atoms with E-state index in [1.54, 1.807) is 0 Å². The van der Waals surface area contributed by atoms with Gasteiger partial charge in [-0.15, -0.1) is 0 Å². The van der Waals surface area contributed by atoms with Crippen LogP contribution in [0.15, 0.2) is 59.5 Å². The Kier molecular flexibility index (Phi) is 6.17. The van der Waals surface area contributed by atoms with Crippen LogP contribution in [0.1, 0.15) is 5.56 Å². The van der Waals surface area contributed by atoms with Gasteiger partial charge >= 0.3 is 5.97 Å². The molecular formula is C17H16ClNO5S. The van der Waals surface area contributed by atoms with E-state index in [1.807, 2.05) is 30.3 Å². The van der Waals surface area contributed by atoms with Gasteiger partial charge in [0.25, 0.3) is 9.05 Å². The Hall–Kier alpha value is -2.38. The average molecular weight is 382 g/mol. The first kappa shape index (κ1) is 19.0. The maximum atomic E-state index is 12.4. The normalized spacial score (nSPS) is 12.2. The van der Waals surface area contributed by atoms with E-state index < -0.39 is 26.8 Å². The zero-order chi connectivity index (χ0) is 18.4. The molecule has 0 aromatic heterocycles. The molecule has 2 aromatic carbocycles. The molecule has 1 atom stereocenters. The Morgan fingerprint density at radius 1 is 1.08 bits per heavy atom. The van der Waals surface area contributed by atoms with Crippen LogP contribution in [0.25, 0.3) is 0 Å². The number of carbonyl (C=O) groups is 2. The van der Waals surface area contributed by atoms with Gasteiger partial charge in [-0.25, -0.2) is 8.42 Å². The number of anilines is 1. The van der Waals surface area contributed by atoms with Gasteiger partial charge in [-0.1, -0.05) is 30.3 Å². The van der Waals surface area contributed by atoms with Crippen molar-refractivity contribution in [3.05, 3.63) is 60.2 Å². The maximum Gasteiger partial charge on any atom is 0.318 e. The van der Waals surface area contributed by atoms with Crippen LogP contribution in [0.3, 0.4) is 0 Å². The van der Waals surface area contributed by atoms with Crippen molar-refractivity contribution in [3.8, 4) is 0 Å². The third-order valence-electron chi connectivity index (χ3n) is 3.49.